The van der Waals surface area contributed by atoms with Gasteiger partial charge < -0.3 is 20.3 Å². The molecule has 14 heavy (non-hydrogen) atoms. The molecule has 0 heterocycles. The van der Waals surface area contributed by atoms with Gasteiger partial charge >= 0.3 is 0 Å². The second-order valence-corrected chi connectivity index (χ2v) is 2.90. The first-order valence-electron chi connectivity index (χ1n) is 4.31. The molecule has 0 saturated heterocycles. The van der Waals surface area contributed by atoms with Crippen molar-refractivity contribution in [3.63, 3.8) is 0 Å². The predicted molar refractivity (Wildman–Crippen MR) is 53.6 cm³/mol. The zero-order valence-electron chi connectivity index (χ0n) is 8.36. The summed E-state index contributed by atoms with van der Waals surface area (Å²) < 4.78 is 10.2. The van der Waals surface area contributed by atoms with Crippen molar-refractivity contribution in [2.45, 2.75) is 6.04 Å². The third kappa shape index (κ3) is 2.16. The van der Waals surface area contributed by atoms with E-state index < -0.39 is 6.04 Å². The first-order valence-corrected chi connectivity index (χ1v) is 4.31. The summed E-state index contributed by atoms with van der Waals surface area (Å²) in [4.78, 5) is 0. The Morgan fingerprint density at radius 2 is 2.07 bits per heavy atom. The molecular formula is C10H15NO3. The van der Waals surface area contributed by atoms with Gasteiger partial charge in [-0.2, -0.15) is 0 Å². The standard InChI is InChI=1S/C10H15NO3/c1-13-7-3-4-8(9(11)6-12)10(5-7)14-2/h3-5,9,12H,6,11H2,1-2H3/t9-/m1/s1. The maximum atomic E-state index is 8.92. The molecule has 0 aliphatic carbocycles. The summed E-state index contributed by atoms with van der Waals surface area (Å²) in [5.41, 5.74) is 6.47. The summed E-state index contributed by atoms with van der Waals surface area (Å²) in [6.07, 6.45) is 0. The Bertz CT molecular complexity index is 301. The van der Waals surface area contributed by atoms with Crippen molar-refractivity contribution in [1.82, 2.24) is 0 Å². The molecule has 4 nitrogen and oxygen atoms in total. The summed E-state index contributed by atoms with van der Waals surface area (Å²) in [5, 5.41) is 8.92. The number of hydrogen-bond acceptors (Lipinski definition) is 4. The maximum absolute atomic E-state index is 8.92. The zero-order chi connectivity index (χ0) is 10.6. The molecule has 0 aliphatic rings. The number of benzene rings is 1. The van der Waals surface area contributed by atoms with Crippen LogP contribution in [0.25, 0.3) is 0 Å². The fourth-order valence-electron chi connectivity index (χ4n) is 1.22. The summed E-state index contributed by atoms with van der Waals surface area (Å²) in [6.45, 7) is -0.108. The van der Waals surface area contributed by atoms with Gasteiger partial charge in [0.2, 0.25) is 0 Å². The van der Waals surface area contributed by atoms with Crippen molar-refractivity contribution in [2.24, 2.45) is 5.73 Å². The SMILES string of the molecule is COc1ccc([C@H](N)CO)c(OC)c1. The lowest BCUT2D eigenvalue weighted by atomic mass is 10.1. The minimum absolute atomic E-state index is 0.108. The van der Waals surface area contributed by atoms with Crippen molar-refractivity contribution in [1.29, 1.82) is 0 Å². The van der Waals surface area contributed by atoms with Crippen LogP contribution in [-0.2, 0) is 0 Å². The molecule has 3 N–H and O–H groups in total. The van der Waals surface area contributed by atoms with Crippen molar-refractivity contribution in [2.75, 3.05) is 20.8 Å². The van der Waals surface area contributed by atoms with E-state index in [0.29, 0.717) is 11.5 Å². The molecular weight excluding hydrogens is 182 g/mol. The van der Waals surface area contributed by atoms with Crippen LogP contribution in [0.15, 0.2) is 18.2 Å². The molecule has 0 spiro atoms. The van der Waals surface area contributed by atoms with Gasteiger partial charge in [-0.1, -0.05) is 0 Å². The lowest BCUT2D eigenvalue weighted by Crippen LogP contribution is -2.15. The van der Waals surface area contributed by atoms with Gasteiger partial charge in [0.15, 0.2) is 0 Å². The van der Waals surface area contributed by atoms with E-state index in [9.17, 15) is 0 Å². The first kappa shape index (κ1) is 10.8. The van der Waals surface area contributed by atoms with Crippen LogP contribution < -0.4 is 15.2 Å². The van der Waals surface area contributed by atoms with E-state index in [2.05, 4.69) is 0 Å². The van der Waals surface area contributed by atoms with Crippen LogP contribution in [-0.4, -0.2) is 25.9 Å². The summed E-state index contributed by atoms with van der Waals surface area (Å²) in [5.74, 6) is 1.33. The molecule has 1 atom stereocenters. The molecule has 0 aromatic heterocycles. The Morgan fingerprint density at radius 3 is 2.57 bits per heavy atom. The second-order valence-electron chi connectivity index (χ2n) is 2.90. The number of nitrogens with two attached hydrogens (primary N) is 1. The lowest BCUT2D eigenvalue weighted by molar-refractivity contribution is 0.264. The van der Waals surface area contributed by atoms with E-state index in [0.717, 1.165) is 5.56 Å². The van der Waals surface area contributed by atoms with E-state index in [-0.39, 0.29) is 6.61 Å². The first-order chi connectivity index (χ1) is 6.72. The quantitative estimate of drug-likeness (QED) is 0.745. The van der Waals surface area contributed by atoms with Crippen LogP contribution in [0.4, 0.5) is 0 Å². The van der Waals surface area contributed by atoms with E-state index in [1.54, 1.807) is 32.4 Å². The summed E-state index contributed by atoms with van der Waals surface area (Å²) in [6, 6.07) is 4.90. The molecule has 0 amide bonds. The highest BCUT2D eigenvalue weighted by molar-refractivity contribution is 5.42. The van der Waals surface area contributed by atoms with Gasteiger partial charge in [0.25, 0.3) is 0 Å². The van der Waals surface area contributed by atoms with Gasteiger partial charge in [-0.3, -0.25) is 0 Å². The molecule has 0 aliphatic heterocycles. The Labute approximate surface area is 83.3 Å². The van der Waals surface area contributed by atoms with Crippen LogP contribution in [0, 0.1) is 0 Å². The average molecular weight is 197 g/mol. The average Bonchev–Trinajstić information content (AvgIpc) is 2.27. The van der Waals surface area contributed by atoms with Crippen LogP contribution in [0.5, 0.6) is 11.5 Å². The van der Waals surface area contributed by atoms with E-state index in [1.165, 1.54) is 0 Å². The van der Waals surface area contributed by atoms with Gasteiger partial charge in [0, 0.05) is 11.6 Å². The highest BCUT2D eigenvalue weighted by Crippen LogP contribution is 2.27. The third-order valence-electron chi connectivity index (χ3n) is 2.04. The maximum Gasteiger partial charge on any atom is 0.127 e. The predicted octanol–water partition coefficient (Wildman–Crippen LogP) is 0.696. The molecule has 1 aromatic rings. The van der Waals surface area contributed by atoms with Crippen LogP contribution in [0.2, 0.25) is 0 Å². The number of ether oxygens (including phenoxy) is 2. The molecule has 78 valence electrons. The lowest BCUT2D eigenvalue weighted by Gasteiger charge is -2.14. The third-order valence-corrected chi connectivity index (χ3v) is 2.04. The number of aliphatic hydroxyl groups excluding tert-OH is 1. The molecule has 0 saturated carbocycles. The zero-order valence-corrected chi connectivity index (χ0v) is 8.36. The Balaban J connectivity index is 3.04. The molecule has 0 fully saturated rings. The molecule has 1 rings (SSSR count). The molecule has 0 unspecified atom stereocenters. The monoisotopic (exact) mass is 197 g/mol. The number of hydrogen-bond donors (Lipinski definition) is 2. The van der Waals surface area contributed by atoms with Gasteiger partial charge in [-0.25, -0.2) is 0 Å². The fourth-order valence-corrected chi connectivity index (χ4v) is 1.22. The molecule has 4 heteroatoms. The van der Waals surface area contributed by atoms with E-state index in [1.807, 2.05) is 0 Å². The van der Waals surface area contributed by atoms with Gasteiger partial charge in [0.05, 0.1) is 26.9 Å². The van der Waals surface area contributed by atoms with Gasteiger partial charge in [-0.15, -0.1) is 0 Å². The Morgan fingerprint density at radius 1 is 1.36 bits per heavy atom. The van der Waals surface area contributed by atoms with E-state index >= 15 is 0 Å². The molecule has 1 aromatic carbocycles. The van der Waals surface area contributed by atoms with Gasteiger partial charge in [0.1, 0.15) is 11.5 Å². The highest BCUT2D eigenvalue weighted by Gasteiger charge is 2.11. The number of methoxy groups -OCH3 is 2. The minimum Gasteiger partial charge on any atom is -0.497 e. The highest BCUT2D eigenvalue weighted by atomic mass is 16.5. The molecule has 0 radical (unpaired) electrons. The smallest absolute Gasteiger partial charge is 0.127 e. The second kappa shape index (κ2) is 4.83. The number of aliphatic hydroxyl groups is 1. The van der Waals surface area contributed by atoms with Crippen LogP contribution >= 0.6 is 0 Å². The van der Waals surface area contributed by atoms with Crippen molar-refractivity contribution in [3.05, 3.63) is 23.8 Å². The van der Waals surface area contributed by atoms with Crippen molar-refractivity contribution < 1.29 is 14.6 Å². The minimum atomic E-state index is -0.421. The Hall–Kier alpha value is -1.26. The number of rotatable bonds is 4. The van der Waals surface area contributed by atoms with Crippen molar-refractivity contribution in [3.8, 4) is 11.5 Å². The fraction of sp³-hybridized carbons (Fsp3) is 0.400. The van der Waals surface area contributed by atoms with Crippen LogP contribution in [0.3, 0.4) is 0 Å². The topological polar surface area (TPSA) is 64.7 Å². The largest absolute Gasteiger partial charge is 0.497 e. The van der Waals surface area contributed by atoms with Crippen LogP contribution in [0.1, 0.15) is 11.6 Å². The molecule has 0 bridgehead atoms. The summed E-state index contributed by atoms with van der Waals surface area (Å²) >= 11 is 0. The Kier molecular flexibility index (Phi) is 3.73. The summed E-state index contributed by atoms with van der Waals surface area (Å²) in [7, 11) is 3.14. The van der Waals surface area contributed by atoms with Gasteiger partial charge in [-0.05, 0) is 12.1 Å². The normalized spacial score (nSPS) is 12.3. The van der Waals surface area contributed by atoms with Crippen molar-refractivity contribution >= 4 is 0 Å². The van der Waals surface area contributed by atoms with E-state index in [4.69, 9.17) is 20.3 Å².